The Balaban J connectivity index is 2.45. The van der Waals surface area contributed by atoms with Gasteiger partial charge in [0.2, 0.25) is 0 Å². The van der Waals surface area contributed by atoms with Crippen LogP contribution in [0.25, 0.3) is 0 Å². The van der Waals surface area contributed by atoms with Gasteiger partial charge in [-0.05, 0) is 0 Å². The van der Waals surface area contributed by atoms with Crippen molar-refractivity contribution in [3.05, 3.63) is 11.3 Å². The second-order valence-corrected chi connectivity index (χ2v) is 7.40. The van der Waals surface area contributed by atoms with Crippen molar-refractivity contribution in [2.75, 3.05) is 7.11 Å². The van der Waals surface area contributed by atoms with Crippen LogP contribution in [0.3, 0.4) is 0 Å². The molecule has 4 heteroatoms. The number of hydrogen-bond acceptors (Lipinski definition) is 3. The van der Waals surface area contributed by atoms with Gasteiger partial charge in [-0.15, -0.1) is 0 Å². The van der Waals surface area contributed by atoms with E-state index in [1.165, 1.54) is 38.5 Å². The monoisotopic (exact) mass is 345 g/mol. The Labute approximate surface area is 129 Å². The number of aromatic nitrogens is 1. The SMILES string of the molecule is CCCCCCCC[Se]c1nc(C)c(OC)c(C)c1O. The maximum atomic E-state index is 10.2. The Morgan fingerprint density at radius 2 is 1.75 bits per heavy atom. The number of ether oxygens (including phenoxy) is 1. The number of nitrogens with zero attached hydrogens (tertiary/aromatic N) is 1. The zero-order chi connectivity index (χ0) is 15.0. The molecule has 0 atom stereocenters. The van der Waals surface area contributed by atoms with Crippen LogP contribution in [0.2, 0.25) is 5.32 Å². The van der Waals surface area contributed by atoms with Gasteiger partial charge in [0.25, 0.3) is 0 Å². The van der Waals surface area contributed by atoms with Crippen LogP contribution in [0.15, 0.2) is 0 Å². The molecular formula is C16H27NO2Se. The molecule has 0 saturated heterocycles. The van der Waals surface area contributed by atoms with Gasteiger partial charge in [0.05, 0.1) is 0 Å². The van der Waals surface area contributed by atoms with Crippen molar-refractivity contribution < 1.29 is 9.84 Å². The van der Waals surface area contributed by atoms with Crippen LogP contribution in [0, 0.1) is 13.8 Å². The molecule has 0 bridgehead atoms. The average Bonchev–Trinajstić information content (AvgIpc) is 2.43. The molecule has 20 heavy (non-hydrogen) atoms. The van der Waals surface area contributed by atoms with E-state index in [2.05, 4.69) is 11.9 Å². The van der Waals surface area contributed by atoms with Crippen LogP contribution in [0.1, 0.15) is 56.7 Å². The second-order valence-electron chi connectivity index (χ2n) is 5.13. The molecule has 0 aliphatic heterocycles. The fourth-order valence-corrected chi connectivity index (χ4v) is 4.42. The van der Waals surface area contributed by atoms with Gasteiger partial charge in [-0.25, -0.2) is 0 Å². The van der Waals surface area contributed by atoms with Crippen molar-refractivity contribution >= 4 is 19.5 Å². The summed E-state index contributed by atoms with van der Waals surface area (Å²) in [4.78, 5) is 4.50. The summed E-state index contributed by atoms with van der Waals surface area (Å²) in [5.41, 5.74) is 1.70. The normalized spacial score (nSPS) is 10.8. The number of hydrogen-bond donors (Lipinski definition) is 1. The summed E-state index contributed by atoms with van der Waals surface area (Å²) in [6, 6.07) is 0. The van der Waals surface area contributed by atoms with Gasteiger partial charge in [0.1, 0.15) is 0 Å². The first kappa shape index (κ1) is 17.3. The minimum atomic E-state index is 0.261. The van der Waals surface area contributed by atoms with Crippen LogP contribution in [0.5, 0.6) is 11.5 Å². The van der Waals surface area contributed by atoms with Crippen LogP contribution in [0.4, 0.5) is 0 Å². The van der Waals surface area contributed by atoms with E-state index in [1.807, 2.05) is 13.8 Å². The molecule has 1 aromatic heterocycles. The molecule has 0 radical (unpaired) electrons. The predicted octanol–water partition coefficient (Wildman–Crippen LogP) is 3.52. The summed E-state index contributed by atoms with van der Waals surface area (Å²) in [6.45, 7) is 6.08. The van der Waals surface area contributed by atoms with Crippen molar-refractivity contribution in [2.24, 2.45) is 0 Å². The van der Waals surface area contributed by atoms with Crippen molar-refractivity contribution in [2.45, 2.75) is 64.6 Å². The first-order valence-electron chi connectivity index (χ1n) is 7.48. The van der Waals surface area contributed by atoms with Gasteiger partial charge in [-0.3, -0.25) is 0 Å². The predicted molar refractivity (Wildman–Crippen MR) is 85.5 cm³/mol. The molecule has 0 aliphatic rings. The Hall–Kier alpha value is -0.731. The molecule has 0 aromatic carbocycles. The Bertz CT molecular complexity index is 421. The third-order valence-electron chi connectivity index (χ3n) is 3.44. The van der Waals surface area contributed by atoms with E-state index in [0.29, 0.717) is 11.5 Å². The standard InChI is InChI=1S/C16H27NO2Se/c1-5-6-7-8-9-10-11-20-16-14(18)12(2)15(19-4)13(3)17-16/h18H,5-11H2,1-4H3. The summed E-state index contributed by atoms with van der Waals surface area (Å²) >= 11 is 0.261. The van der Waals surface area contributed by atoms with Gasteiger partial charge >= 0.3 is 129 Å². The molecule has 114 valence electrons. The molecule has 0 fully saturated rings. The number of methoxy groups -OCH3 is 1. The molecule has 0 saturated carbocycles. The quantitative estimate of drug-likeness (QED) is 0.551. The van der Waals surface area contributed by atoms with Crippen LogP contribution in [-0.2, 0) is 0 Å². The van der Waals surface area contributed by atoms with Crippen LogP contribution < -0.4 is 9.33 Å². The van der Waals surface area contributed by atoms with Crippen molar-refractivity contribution in [1.82, 2.24) is 4.98 Å². The van der Waals surface area contributed by atoms with Gasteiger partial charge in [0.15, 0.2) is 0 Å². The molecule has 0 spiro atoms. The van der Waals surface area contributed by atoms with Crippen molar-refractivity contribution in [3.8, 4) is 11.5 Å². The molecule has 1 N–H and O–H groups in total. The van der Waals surface area contributed by atoms with E-state index in [9.17, 15) is 5.11 Å². The molecule has 1 rings (SSSR count). The van der Waals surface area contributed by atoms with E-state index < -0.39 is 0 Å². The summed E-state index contributed by atoms with van der Waals surface area (Å²) in [5.74, 6) is 1.04. The van der Waals surface area contributed by atoms with Gasteiger partial charge in [-0.1, -0.05) is 0 Å². The molecule has 0 amide bonds. The van der Waals surface area contributed by atoms with E-state index >= 15 is 0 Å². The summed E-state index contributed by atoms with van der Waals surface area (Å²) < 4.78 is 6.15. The summed E-state index contributed by atoms with van der Waals surface area (Å²) in [6.07, 6.45) is 7.89. The fraction of sp³-hybridized carbons (Fsp3) is 0.688. The van der Waals surface area contributed by atoms with Crippen molar-refractivity contribution in [3.63, 3.8) is 0 Å². The van der Waals surface area contributed by atoms with E-state index in [-0.39, 0.29) is 15.0 Å². The number of pyridine rings is 1. The van der Waals surface area contributed by atoms with E-state index in [0.717, 1.165) is 21.2 Å². The third kappa shape index (κ3) is 4.99. The zero-order valence-corrected chi connectivity index (χ0v) is 14.9. The molecule has 1 heterocycles. The van der Waals surface area contributed by atoms with Gasteiger partial charge in [-0.2, -0.15) is 0 Å². The second kappa shape index (κ2) is 9.25. The van der Waals surface area contributed by atoms with Gasteiger partial charge < -0.3 is 0 Å². The molecule has 1 aromatic rings. The Morgan fingerprint density at radius 1 is 1.10 bits per heavy atom. The molecule has 0 aliphatic carbocycles. The number of aryl methyl sites for hydroxylation is 1. The average molecular weight is 344 g/mol. The number of aromatic hydroxyl groups is 1. The first-order valence-corrected chi connectivity index (χ1v) is 9.55. The topological polar surface area (TPSA) is 42.4 Å². The van der Waals surface area contributed by atoms with Crippen LogP contribution in [-0.4, -0.2) is 32.2 Å². The maximum absolute atomic E-state index is 10.2. The summed E-state index contributed by atoms with van der Waals surface area (Å²) in [5, 5.41) is 11.3. The fourth-order valence-electron chi connectivity index (χ4n) is 2.25. The summed E-state index contributed by atoms with van der Waals surface area (Å²) in [7, 11) is 1.62. The first-order chi connectivity index (χ1) is 9.61. The van der Waals surface area contributed by atoms with Crippen molar-refractivity contribution in [1.29, 1.82) is 0 Å². The van der Waals surface area contributed by atoms with Gasteiger partial charge in [0, 0.05) is 0 Å². The molecular weight excluding hydrogens is 317 g/mol. The number of rotatable bonds is 9. The minimum absolute atomic E-state index is 0.261. The van der Waals surface area contributed by atoms with Crippen LogP contribution >= 0.6 is 0 Å². The Morgan fingerprint density at radius 3 is 2.40 bits per heavy atom. The number of unbranched alkanes of at least 4 members (excludes halogenated alkanes) is 5. The third-order valence-corrected chi connectivity index (χ3v) is 5.64. The Kier molecular flexibility index (Phi) is 8.01. The molecule has 3 nitrogen and oxygen atoms in total. The molecule has 0 unspecified atom stereocenters. The zero-order valence-electron chi connectivity index (χ0n) is 13.2. The van der Waals surface area contributed by atoms with E-state index in [4.69, 9.17) is 4.74 Å². The van der Waals surface area contributed by atoms with E-state index in [1.54, 1.807) is 7.11 Å².